The molecule has 1 fully saturated rings. The monoisotopic (exact) mass is 277 g/mol. The van der Waals surface area contributed by atoms with E-state index < -0.39 is 11.6 Å². The van der Waals surface area contributed by atoms with Crippen molar-refractivity contribution in [3.63, 3.8) is 0 Å². The van der Waals surface area contributed by atoms with Gasteiger partial charge in [0.15, 0.2) is 0 Å². The zero-order valence-electron chi connectivity index (χ0n) is 10.5. The van der Waals surface area contributed by atoms with E-state index in [2.05, 4.69) is 5.32 Å². The van der Waals surface area contributed by atoms with E-state index in [1.54, 1.807) is 26.0 Å². The second-order valence-corrected chi connectivity index (χ2v) is 5.27. The Balaban J connectivity index is 2.25. The predicted molar refractivity (Wildman–Crippen MR) is 69.3 cm³/mol. The molecule has 0 unspecified atom stereocenters. The molecule has 1 aliphatic rings. The first-order valence-corrected chi connectivity index (χ1v) is 6.05. The van der Waals surface area contributed by atoms with Gasteiger partial charge in [-0.25, -0.2) is 4.79 Å². The third-order valence-electron chi connectivity index (χ3n) is 2.96. The third-order valence-corrected chi connectivity index (χ3v) is 3.31. The van der Waals surface area contributed by atoms with Gasteiger partial charge in [0, 0.05) is 5.02 Å². The molecule has 2 rings (SSSR count). The Morgan fingerprint density at radius 2 is 2.11 bits per heavy atom. The van der Waals surface area contributed by atoms with Gasteiger partial charge in [0.1, 0.15) is 5.54 Å². The summed E-state index contributed by atoms with van der Waals surface area (Å²) in [4.78, 5) is 24.9. The van der Waals surface area contributed by atoms with Crippen LogP contribution in [0.25, 0.3) is 0 Å². The topological polar surface area (TPSA) is 73.2 Å². The Kier molecular flexibility index (Phi) is 3.21. The predicted octanol–water partition coefficient (Wildman–Crippen LogP) is 2.04. The van der Waals surface area contributed by atoms with Crippen molar-refractivity contribution in [1.29, 1.82) is 5.26 Å². The largest absolute Gasteiger partial charge is 0.325 e. The Bertz CT molecular complexity index is 604. The molecular weight excluding hydrogens is 266 g/mol. The summed E-state index contributed by atoms with van der Waals surface area (Å²) < 4.78 is 0. The number of carbonyl (C=O) groups is 2. The summed E-state index contributed by atoms with van der Waals surface area (Å²) >= 11 is 6.03. The maximum absolute atomic E-state index is 12.0. The van der Waals surface area contributed by atoms with E-state index in [1.807, 2.05) is 6.07 Å². The van der Waals surface area contributed by atoms with Crippen molar-refractivity contribution in [2.45, 2.75) is 25.9 Å². The van der Waals surface area contributed by atoms with E-state index in [0.29, 0.717) is 16.1 Å². The van der Waals surface area contributed by atoms with Crippen LogP contribution in [0.5, 0.6) is 0 Å². The number of hydrogen-bond acceptors (Lipinski definition) is 3. The Morgan fingerprint density at radius 1 is 1.42 bits per heavy atom. The highest BCUT2D eigenvalue weighted by atomic mass is 35.5. The average molecular weight is 278 g/mol. The Hall–Kier alpha value is -2.06. The van der Waals surface area contributed by atoms with Crippen LogP contribution in [0.2, 0.25) is 5.02 Å². The number of carbonyl (C=O) groups excluding carboxylic acids is 2. The zero-order chi connectivity index (χ0) is 14.2. The van der Waals surface area contributed by atoms with Crippen LogP contribution in [0.1, 0.15) is 25.0 Å². The first kappa shape index (κ1) is 13.4. The summed E-state index contributed by atoms with van der Waals surface area (Å²) in [5, 5.41) is 11.7. The van der Waals surface area contributed by atoms with Crippen molar-refractivity contribution in [2.24, 2.45) is 0 Å². The molecule has 1 aromatic rings. The van der Waals surface area contributed by atoms with E-state index in [9.17, 15) is 9.59 Å². The maximum atomic E-state index is 12.0. The molecule has 6 heteroatoms. The molecule has 0 atom stereocenters. The molecule has 1 heterocycles. The number of imide groups is 1. The molecule has 1 aliphatic heterocycles. The van der Waals surface area contributed by atoms with Crippen LogP contribution in [-0.2, 0) is 11.3 Å². The summed E-state index contributed by atoms with van der Waals surface area (Å²) in [5.74, 6) is -0.294. The molecule has 0 aliphatic carbocycles. The van der Waals surface area contributed by atoms with Crippen LogP contribution in [0.4, 0.5) is 4.79 Å². The number of rotatable bonds is 2. The van der Waals surface area contributed by atoms with Gasteiger partial charge in [-0.1, -0.05) is 17.7 Å². The standard InChI is InChI=1S/C13H12ClN3O2/c1-13(2)11(18)17(12(19)16-13)7-9-4-3-8(6-15)5-10(9)14/h3-5H,7H2,1-2H3,(H,16,19). The second kappa shape index (κ2) is 4.56. The number of nitriles is 1. The minimum atomic E-state index is -0.893. The zero-order valence-corrected chi connectivity index (χ0v) is 11.3. The van der Waals surface area contributed by atoms with Crippen LogP contribution in [0, 0.1) is 11.3 Å². The number of benzene rings is 1. The van der Waals surface area contributed by atoms with E-state index in [-0.39, 0.29) is 12.5 Å². The van der Waals surface area contributed by atoms with Gasteiger partial charge in [-0.2, -0.15) is 5.26 Å². The highest BCUT2D eigenvalue weighted by Crippen LogP contribution is 2.23. The van der Waals surface area contributed by atoms with Crippen molar-refractivity contribution < 1.29 is 9.59 Å². The van der Waals surface area contributed by atoms with Crippen molar-refractivity contribution in [3.05, 3.63) is 34.3 Å². The molecule has 1 aromatic carbocycles. The molecule has 0 spiro atoms. The van der Waals surface area contributed by atoms with Gasteiger partial charge in [-0.15, -0.1) is 0 Å². The molecular formula is C13H12ClN3O2. The number of urea groups is 1. The number of hydrogen-bond donors (Lipinski definition) is 1. The van der Waals surface area contributed by atoms with Gasteiger partial charge >= 0.3 is 6.03 Å². The van der Waals surface area contributed by atoms with E-state index >= 15 is 0 Å². The smallest absolute Gasteiger partial charge is 0.324 e. The highest BCUT2D eigenvalue weighted by Gasteiger charge is 2.44. The van der Waals surface area contributed by atoms with Crippen molar-refractivity contribution >= 4 is 23.5 Å². The Morgan fingerprint density at radius 3 is 2.58 bits per heavy atom. The number of amides is 3. The molecule has 0 bridgehead atoms. The SMILES string of the molecule is CC1(C)NC(=O)N(Cc2ccc(C#N)cc2Cl)C1=O. The van der Waals surface area contributed by atoms with E-state index in [0.717, 1.165) is 4.90 Å². The number of halogens is 1. The fraction of sp³-hybridized carbons (Fsp3) is 0.308. The van der Waals surface area contributed by atoms with Crippen LogP contribution < -0.4 is 5.32 Å². The molecule has 0 aromatic heterocycles. The molecule has 3 amide bonds. The van der Waals surface area contributed by atoms with Crippen LogP contribution in [0.3, 0.4) is 0 Å². The quantitative estimate of drug-likeness (QED) is 0.841. The first-order chi connectivity index (χ1) is 8.85. The van der Waals surface area contributed by atoms with E-state index in [1.165, 1.54) is 6.07 Å². The maximum Gasteiger partial charge on any atom is 0.325 e. The highest BCUT2D eigenvalue weighted by molar-refractivity contribution is 6.31. The molecule has 0 radical (unpaired) electrons. The second-order valence-electron chi connectivity index (χ2n) is 4.86. The average Bonchev–Trinajstić information content (AvgIpc) is 2.53. The van der Waals surface area contributed by atoms with Gasteiger partial charge in [0.2, 0.25) is 0 Å². The summed E-state index contributed by atoms with van der Waals surface area (Å²) in [6.45, 7) is 3.39. The molecule has 1 N–H and O–H groups in total. The third kappa shape index (κ3) is 2.40. The van der Waals surface area contributed by atoms with E-state index in [4.69, 9.17) is 16.9 Å². The Labute approximate surface area is 115 Å². The van der Waals surface area contributed by atoms with Crippen LogP contribution >= 0.6 is 11.6 Å². The molecule has 1 saturated heterocycles. The lowest BCUT2D eigenvalue weighted by molar-refractivity contribution is -0.130. The fourth-order valence-electron chi connectivity index (χ4n) is 1.88. The lowest BCUT2D eigenvalue weighted by Crippen LogP contribution is -2.40. The number of nitrogens with zero attached hydrogens (tertiary/aromatic N) is 2. The summed E-state index contributed by atoms with van der Waals surface area (Å²) in [6, 6.07) is 6.30. The minimum absolute atomic E-state index is 0.0959. The summed E-state index contributed by atoms with van der Waals surface area (Å²) in [7, 11) is 0. The van der Waals surface area contributed by atoms with Crippen LogP contribution in [0.15, 0.2) is 18.2 Å². The summed E-state index contributed by atoms with van der Waals surface area (Å²) in [6.07, 6.45) is 0. The molecule has 5 nitrogen and oxygen atoms in total. The van der Waals surface area contributed by atoms with Crippen molar-refractivity contribution in [3.8, 4) is 6.07 Å². The first-order valence-electron chi connectivity index (χ1n) is 5.68. The van der Waals surface area contributed by atoms with Gasteiger partial charge in [0.05, 0.1) is 18.2 Å². The lowest BCUT2D eigenvalue weighted by atomic mass is 10.1. The van der Waals surface area contributed by atoms with Gasteiger partial charge in [-0.3, -0.25) is 9.69 Å². The fourth-order valence-corrected chi connectivity index (χ4v) is 2.12. The summed E-state index contributed by atoms with van der Waals surface area (Å²) in [5.41, 5.74) is 0.170. The molecule has 19 heavy (non-hydrogen) atoms. The molecule has 98 valence electrons. The van der Waals surface area contributed by atoms with Gasteiger partial charge in [-0.05, 0) is 31.5 Å². The normalized spacial score (nSPS) is 17.3. The van der Waals surface area contributed by atoms with Crippen molar-refractivity contribution in [2.75, 3.05) is 0 Å². The minimum Gasteiger partial charge on any atom is -0.324 e. The number of nitrogens with one attached hydrogen (secondary N) is 1. The van der Waals surface area contributed by atoms with Gasteiger partial charge in [0.25, 0.3) is 5.91 Å². The van der Waals surface area contributed by atoms with Gasteiger partial charge < -0.3 is 5.32 Å². The molecule has 0 saturated carbocycles. The van der Waals surface area contributed by atoms with Crippen molar-refractivity contribution in [1.82, 2.24) is 10.2 Å². The van der Waals surface area contributed by atoms with Crippen LogP contribution in [-0.4, -0.2) is 22.4 Å². The lowest BCUT2D eigenvalue weighted by Gasteiger charge is -2.16.